The standard InChI is InChI=1S/C17H15F2N5O/c1-11(14-8-7-13(18)9-15(14)19)20-16(25)10-24-22-17(21-23-24)12-5-3-2-4-6-12/h2-9,11H,10H2,1H3,(H,20,25). The Balaban J connectivity index is 1.64. The molecule has 1 aromatic heterocycles. The van der Waals surface area contributed by atoms with Crippen molar-refractivity contribution in [3.8, 4) is 11.4 Å². The quantitative estimate of drug-likeness (QED) is 0.772. The lowest BCUT2D eigenvalue weighted by molar-refractivity contribution is -0.122. The number of amides is 1. The molecule has 0 fully saturated rings. The maximum Gasteiger partial charge on any atom is 0.244 e. The number of halogens is 2. The van der Waals surface area contributed by atoms with E-state index in [4.69, 9.17) is 0 Å². The van der Waals surface area contributed by atoms with E-state index in [1.807, 2.05) is 30.3 Å². The molecule has 1 amide bonds. The zero-order valence-corrected chi connectivity index (χ0v) is 13.4. The van der Waals surface area contributed by atoms with Gasteiger partial charge in [0.15, 0.2) is 0 Å². The summed E-state index contributed by atoms with van der Waals surface area (Å²) in [4.78, 5) is 13.2. The molecular formula is C17H15F2N5O. The van der Waals surface area contributed by atoms with Crippen molar-refractivity contribution in [1.29, 1.82) is 0 Å². The molecule has 0 spiro atoms. The van der Waals surface area contributed by atoms with E-state index >= 15 is 0 Å². The van der Waals surface area contributed by atoms with Gasteiger partial charge in [-0.2, -0.15) is 4.80 Å². The molecule has 2 aromatic carbocycles. The first-order valence-corrected chi connectivity index (χ1v) is 7.60. The second-order valence-corrected chi connectivity index (χ2v) is 5.46. The van der Waals surface area contributed by atoms with E-state index in [1.165, 1.54) is 6.07 Å². The van der Waals surface area contributed by atoms with Gasteiger partial charge >= 0.3 is 0 Å². The number of rotatable bonds is 5. The fourth-order valence-electron chi connectivity index (χ4n) is 2.36. The maximum absolute atomic E-state index is 13.7. The zero-order chi connectivity index (χ0) is 17.8. The Morgan fingerprint density at radius 1 is 1.20 bits per heavy atom. The first-order chi connectivity index (χ1) is 12.0. The number of carbonyl (C=O) groups excluding carboxylic acids is 1. The monoisotopic (exact) mass is 343 g/mol. The van der Waals surface area contributed by atoms with Crippen LogP contribution < -0.4 is 5.32 Å². The van der Waals surface area contributed by atoms with Crippen molar-refractivity contribution in [2.75, 3.05) is 0 Å². The van der Waals surface area contributed by atoms with Gasteiger partial charge in [0.2, 0.25) is 11.7 Å². The predicted octanol–water partition coefficient (Wildman–Crippen LogP) is 2.50. The van der Waals surface area contributed by atoms with Crippen molar-refractivity contribution in [3.63, 3.8) is 0 Å². The Bertz CT molecular complexity index is 882. The maximum atomic E-state index is 13.7. The van der Waals surface area contributed by atoms with Gasteiger partial charge in [-0.05, 0) is 18.2 Å². The molecule has 6 nitrogen and oxygen atoms in total. The van der Waals surface area contributed by atoms with E-state index in [0.717, 1.165) is 22.5 Å². The predicted molar refractivity (Wildman–Crippen MR) is 86.2 cm³/mol. The highest BCUT2D eigenvalue weighted by Gasteiger charge is 2.15. The van der Waals surface area contributed by atoms with Crippen molar-refractivity contribution in [2.24, 2.45) is 0 Å². The van der Waals surface area contributed by atoms with Crippen LogP contribution in [0, 0.1) is 11.6 Å². The van der Waals surface area contributed by atoms with Crippen LogP contribution in [0.1, 0.15) is 18.5 Å². The van der Waals surface area contributed by atoms with Crippen molar-refractivity contribution in [2.45, 2.75) is 19.5 Å². The van der Waals surface area contributed by atoms with Crippen LogP contribution in [0.5, 0.6) is 0 Å². The van der Waals surface area contributed by atoms with Crippen LogP contribution in [-0.4, -0.2) is 26.1 Å². The number of benzene rings is 2. The third kappa shape index (κ3) is 4.03. The van der Waals surface area contributed by atoms with Gasteiger partial charge in [-0.15, -0.1) is 10.2 Å². The molecule has 0 radical (unpaired) electrons. The summed E-state index contributed by atoms with van der Waals surface area (Å²) < 4.78 is 26.7. The largest absolute Gasteiger partial charge is 0.348 e. The SMILES string of the molecule is CC(NC(=O)Cn1nnc(-c2ccccc2)n1)c1ccc(F)cc1F. The third-order valence-corrected chi connectivity index (χ3v) is 3.58. The van der Waals surface area contributed by atoms with Gasteiger partial charge in [-0.3, -0.25) is 4.79 Å². The van der Waals surface area contributed by atoms with Gasteiger partial charge in [0.05, 0.1) is 6.04 Å². The average molecular weight is 343 g/mol. The summed E-state index contributed by atoms with van der Waals surface area (Å²) in [7, 11) is 0. The highest BCUT2D eigenvalue weighted by molar-refractivity contribution is 5.76. The van der Waals surface area contributed by atoms with E-state index in [0.29, 0.717) is 5.82 Å². The first kappa shape index (κ1) is 16.7. The minimum absolute atomic E-state index is 0.160. The lowest BCUT2D eigenvalue weighted by Gasteiger charge is -2.14. The molecule has 8 heteroatoms. The average Bonchev–Trinajstić information content (AvgIpc) is 3.03. The number of hydrogen-bond donors (Lipinski definition) is 1. The van der Waals surface area contributed by atoms with Gasteiger partial charge < -0.3 is 5.32 Å². The summed E-state index contributed by atoms with van der Waals surface area (Å²) in [5.41, 5.74) is 0.988. The number of carbonyl (C=O) groups is 1. The molecule has 1 unspecified atom stereocenters. The fraction of sp³-hybridized carbons (Fsp3) is 0.176. The molecular weight excluding hydrogens is 328 g/mol. The molecule has 1 heterocycles. The second kappa shape index (κ2) is 7.16. The lowest BCUT2D eigenvalue weighted by atomic mass is 10.1. The summed E-state index contributed by atoms with van der Waals surface area (Å²) in [6.07, 6.45) is 0. The van der Waals surface area contributed by atoms with E-state index in [9.17, 15) is 13.6 Å². The molecule has 0 aliphatic rings. The summed E-state index contributed by atoms with van der Waals surface area (Å²) in [5.74, 6) is -1.38. The van der Waals surface area contributed by atoms with Crippen LogP contribution in [0.25, 0.3) is 11.4 Å². The smallest absolute Gasteiger partial charge is 0.244 e. The minimum Gasteiger partial charge on any atom is -0.348 e. The van der Waals surface area contributed by atoms with Gasteiger partial charge in [0, 0.05) is 17.2 Å². The molecule has 25 heavy (non-hydrogen) atoms. The number of aromatic nitrogens is 4. The van der Waals surface area contributed by atoms with E-state index in [1.54, 1.807) is 6.92 Å². The topological polar surface area (TPSA) is 72.7 Å². The molecule has 3 aromatic rings. The molecule has 0 aliphatic carbocycles. The van der Waals surface area contributed by atoms with Gasteiger partial charge in [-0.25, -0.2) is 8.78 Å². The number of hydrogen-bond acceptors (Lipinski definition) is 4. The molecule has 1 atom stereocenters. The van der Waals surface area contributed by atoms with Crippen molar-refractivity contribution in [3.05, 3.63) is 65.7 Å². The van der Waals surface area contributed by atoms with Crippen LogP contribution in [0.3, 0.4) is 0 Å². The molecule has 0 saturated heterocycles. The Morgan fingerprint density at radius 2 is 1.96 bits per heavy atom. The zero-order valence-electron chi connectivity index (χ0n) is 13.4. The summed E-state index contributed by atoms with van der Waals surface area (Å²) in [6.45, 7) is 1.45. The summed E-state index contributed by atoms with van der Waals surface area (Å²) in [5, 5.41) is 14.5. The summed E-state index contributed by atoms with van der Waals surface area (Å²) in [6, 6.07) is 11.8. The normalized spacial score (nSPS) is 12.0. The number of nitrogens with zero attached hydrogens (tertiary/aromatic N) is 4. The molecule has 0 aliphatic heterocycles. The summed E-state index contributed by atoms with van der Waals surface area (Å²) >= 11 is 0. The van der Waals surface area contributed by atoms with E-state index in [-0.39, 0.29) is 12.1 Å². The van der Waals surface area contributed by atoms with E-state index in [2.05, 4.69) is 20.7 Å². The Labute approximate surface area is 142 Å². The fourth-order valence-corrected chi connectivity index (χ4v) is 2.36. The van der Waals surface area contributed by atoms with Gasteiger partial charge in [-0.1, -0.05) is 36.4 Å². The van der Waals surface area contributed by atoms with Crippen LogP contribution in [0.2, 0.25) is 0 Å². The van der Waals surface area contributed by atoms with Crippen molar-refractivity contribution in [1.82, 2.24) is 25.5 Å². The van der Waals surface area contributed by atoms with Crippen LogP contribution in [0.15, 0.2) is 48.5 Å². The van der Waals surface area contributed by atoms with E-state index < -0.39 is 23.6 Å². The molecule has 128 valence electrons. The lowest BCUT2D eigenvalue weighted by Crippen LogP contribution is -2.31. The van der Waals surface area contributed by atoms with Crippen LogP contribution >= 0.6 is 0 Å². The van der Waals surface area contributed by atoms with Gasteiger partial charge in [0.1, 0.15) is 18.2 Å². The highest BCUT2D eigenvalue weighted by Crippen LogP contribution is 2.17. The highest BCUT2D eigenvalue weighted by atomic mass is 19.1. The van der Waals surface area contributed by atoms with Crippen molar-refractivity contribution < 1.29 is 13.6 Å². The van der Waals surface area contributed by atoms with Crippen LogP contribution in [-0.2, 0) is 11.3 Å². The van der Waals surface area contributed by atoms with Crippen molar-refractivity contribution >= 4 is 5.91 Å². The Morgan fingerprint density at radius 3 is 2.68 bits per heavy atom. The molecule has 0 saturated carbocycles. The Kier molecular flexibility index (Phi) is 4.78. The van der Waals surface area contributed by atoms with Crippen LogP contribution in [0.4, 0.5) is 8.78 Å². The Hall–Kier alpha value is -3.16. The first-order valence-electron chi connectivity index (χ1n) is 7.60. The third-order valence-electron chi connectivity index (χ3n) is 3.58. The molecule has 3 rings (SSSR count). The second-order valence-electron chi connectivity index (χ2n) is 5.46. The van der Waals surface area contributed by atoms with Gasteiger partial charge in [0.25, 0.3) is 0 Å². The number of tetrazole rings is 1. The molecule has 0 bridgehead atoms. The minimum atomic E-state index is -0.710. The number of nitrogens with one attached hydrogen (secondary N) is 1. The molecule has 1 N–H and O–H groups in total.